The maximum absolute atomic E-state index is 14.7. The van der Waals surface area contributed by atoms with Crippen LogP contribution in [0.2, 0.25) is 0 Å². The van der Waals surface area contributed by atoms with Crippen LogP contribution in [0.5, 0.6) is 5.75 Å². The molecule has 0 aliphatic carbocycles. The van der Waals surface area contributed by atoms with Crippen molar-refractivity contribution in [3.05, 3.63) is 71.4 Å². The fraction of sp³-hybridized carbons (Fsp3) is 0.211. The average molecular weight is 392 g/mol. The van der Waals surface area contributed by atoms with Crippen molar-refractivity contribution in [1.29, 1.82) is 0 Å². The highest BCUT2D eigenvalue weighted by Crippen LogP contribution is 2.28. The monoisotopic (exact) mass is 392 g/mol. The van der Waals surface area contributed by atoms with Crippen molar-refractivity contribution in [1.82, 2.24) is 0 Å². The number of allylic oxidation sites excluding steroid dienone is 1. The lowest BCUT2D eigenvalue weighted by Gasteiger charge is -2.24. The van der Waals surface area contributed by atoms with Crippen molar-refractivity contribution in [2.75, 3.05) is 24.9 Å². The van der Waals surface area contributed by atoms with Gasteiger partial charge in [0, 0.05) is 29.8 Å². The van der Waals surface area contributed by atoms with Gasteiger partial charge in [0.05, 0.1) is 12.9 Å². The van der Waals surface area contributed by atoms with Crippen LogP contribution in [-0.4, -0.2) is 34.2 Å². The van der Waals surface area contributed by atoms with Crippen LogP contribution in [0.4, 0.5) is 14.5 Å². The molecule has 0 unspecified atom stereocenters. The molecule has 1 aliphatic heterocycles. The molecule has 0 saturated carbocycles. The summed E-state index contributed by atoms with van der Waals surface area (Å²) >= 11 is 0. The Kier molecular flexibility index (Phi) is 5.27. The number of rotatable bonds is 5. The number of sulfone groups is 1. The van der Waals surface area contributed by atoms with Gasteiger partial charge in [0.25, 0.3) is 0 Å². The van der Waals surface area contributed by atoms with Gasteiger partial charge in [-0.3, -0.25) is 4.99 Å². The summed E-state index contributed by atoms with van der Waals surface area (Å²) in [4.78, 5) is 5.83. The number of hydrogen-bond acceptors (Lipinski definition) is 5. The van der Waals surface area contributed by atoms with Gasteiger partial charge < -0.3 is 9.64 Å². The molecule has 0 fully saturated rings. The Morgan fingerprint density at radius 2 is 1.96 bits per heavy atom. The van der Waals surface area contributed by atoms with E-state index in [1.165, 1.54) is 31.5 Å². The van der Waals surface area contributed by atoms with Gasteiger partial charge in [0.1, 0.15) is 23.9 Å². The van der Waals surface area contributed by atoms with Crippen molar-refractivity contribution in [2.24, 2.45) is 4.99 Å². The first-order chi connectivity index (χ1) is 12.8. The van der Waals surface area contributed by atoms with Crippen LogP contribution < -0.4 is 9.64 Å². The Balaban J connectivity index is 1.88. The lowest BCUT2D eigenvalue weighted by Crippen LogP contribution is -2.24. The molecule has 2 aromatic rings. The standard InChI is InChI=1S/C19H18F2N2O3S/c1-26-18-9-14(20)6-7-16(18)19-17(21)10-23(12-22-19)15-5-3-4-13(8-15)11-27(2,24)25/h3-10H,11-12H2,1-2H3. The summed E-state index contributed by atoms with van der Waals surface area (Å²) in [5.74, 6) is -0.983. The van der Waals surface area contributed by atoms with E-state index in [0.29, 0.717) is 16.8 Å². The molecule has 0 radical (unpaired) electrons. The summed E-state index contributed by atoms with van der Waals surface area (Å²) in [6, 6.07) is 10.7. The van der Waals surface area contributed by atoms with Gasteiger partial charge in [-0.1, -0.05) is 12.1 Å². The van der Waals surface area contributed by atoms with E-state index in [1.54, 1.807) is 29.2 Å². The molecule has 0 aromatic heterocycles. The fourth-order valence-corrected chi connectivity index (χ4v) is 3.60. The number of halogens is 2. The first-order valence-corrected chi connectivity index (χ1v) is 10.1. The van der Waals surface area contributed by atoms with Crippen LogP contribution in [0.15, 0.2) is 59.5 Å². The highest BCUT2D eigenvalue weighted by atomic mass is 32.2. The van der Waals surface area contributed by atoms with Crippen molar-refractivity contribution in [2.45, 2.75) is 5.75 Å². The number of nitrogens with zero attached hydrogens (tertiary/aromatic N) is 2. The molecule has 8 heteroatoms. The predicted molar refractivity (Wildman–Crippen MR) is 101 cm³/mol. The second kappa shape index (κ2) is 7.48. The van der Waals surface area contributed by atoms with E-state index in [2.05, 4.69) is 4.99 Å². The molecule has 27 heavy (non-hydrogen) atoms. The Bertz CT molecular complexity index is 1030. The molecule has 0 N–H and O–H groups in total. The number of ether oxygens (including phenoxy) is 1. The molecule has 0 bridgehead atoms. The maximum Gasteiger partial charge on any atom is 0.165 e. The van der Waals surface area contributed by atoms with E-state index >= 15 is 0 Å². The maximum atomic E-state index is 14.7. The third kappa shape index (κ3) is 4.51. The van der Waals surface area contributed by atoms with E-state index in [1.807, 2.05) is 0 Å². The molecule has 142 valence electrons. The van der Waals surface area contributed by atoms with Gasteiger partial charge in [-0.25, -0.2) is 17.2 Å². The normalized spacial score (nSPS) is 14.6. The van der Waals surface area contributed by atoms with Gasteiger partial charge in [0.2, 0.25) is 0 Å². The van der Waals surface area contributed by atoms with Crippen LogP contribution in [0.3, 0.4) is 0 Å². The first kappa shape index (κ1) is 19.0. The van der Waals surface area contributed by atoms with E-state index < -0.39 is 21.5 Å². The third-order valence-corrected chi connectivity index (χ3v) is 4.82. The van der Waals surface area contributed by atoms with E-state index in [-0.39, 0.29) is 23.9 Å². The van der Waals surface area contributed by atoms with Crippen LogP contribution >= 0.6 is 0 Å². The lowest BCUT2D eigenvalue weighted by atomic mass is 10.1. The lowest BCUT2D eigenvalue weighted by molar-refractivity contribution is 0.410. The molecule has 1 aliphatic rings. The van der Waals surface area contributed by atoms with Crippen LogP contribution in [0.25, 0.3) is 0 Å². The second-order valence-electron chi connectivity index (χ2n) is 6.18. The molecule has 5 nitrogen and oxygen atoms in total. The minimum atomic E-state index is -3.17. The Morgan fingerprint density at radius 1 is 1.19 bits per heavy atom. The van der Waals surface area contributed by atoms with Gasteiger partial charge in [-0.2, -0.15) is 0 Å². The quantitative estimate of drug-likeness (QED) is 0.782. The largest absolute Gasteiger partial charge is 0.496 e. The van der Waals surface area contributed by atoms with Crippen molar-refractivity contribution in [3.63, 3.8) is 0 Å². The summed E-state index contributed by atoms with van der Waals surface area (Å²) < 4.78 is 56.1. The van der Waals surface area contributed by atoms with Gasteiger partial charge >= 0.3 is 0 Å². The zero-order valence-corrected chi connectivity index (χ0v) is 15.6. The summed E-state index contributed by atoms with van der Waals surface area (Å²) in [6.45, 7) is 0.131. The summed E-state index contributed by atoms with van der Waals surface area (Å²) in [5.41, 5.74) is 1.67. The highest BCUT2D eigenvalue weighted by Gasteiger charge is 2.21. The van der Waals surface area contributed by atoms with Crippen LogP contribution in [0, 0.1) is 5.82 Å². The second-order valence-corrected chi connectivity index (χ2v) is 8.32. The number of methoxy groups -OCH3 is 1. The number of benzene rings is 2. The predicted octanol–water partition coefficient (Wildman–Crippen LogP) is 3.46. The Morgan fingerprint density at radius 3 is 2.63 bits per heavy atom. The molecule has 0 saturated heterocycles. The Labute approximate surface area is 156 Å². The highest BCUT2D eigenvalue weighted by molar-refractivity contribution is 7.89. The molecule has 1 heterocycles. The summed E-state index contributed by atoms with van der Waals surface area (Å²) in [6.07, 6.45) is 2.44. The van der Waals surface area contributed by atoms with Crippen molar-refractivity contribution < 1.29 is 21.9 Å². The van der Waals surface area contributed by atoms with E-state index in [0.717, 1.165) is 6.26 Å². The smallest absolute Gasteiger partial charge is 0.165 e. The Hall–Kier alpha value is -2.74. The molecule has 0 amide bonds. The van der Waals surface area contributed by atoms with E-state index in [4.69, 9.17) is 4.74 Å². The van der Waals surface area contributed by atoms with Gasteiger partial charge in [-0.05, 0) is 29.8 Å². The van der Waals surface area contributed by atoms with Crippen molar-refractivity contribution in [3.8, 4) is 5.75 Å². The minimum absolute atomic E-state index is 0.0791. The molecule has 0 atom stereocenters. The number of anilines is 1. The summed E-state index contributed by atoms with van der Waals surface area (Å²) in [5, 5.41) is 0. The number of hydrogen-bond donors (Lipinski definition) is 0. The average Bonchev–Trinajstić information content (AvgIpc) is 2.60. The van der Waals surface area contributed by atoms with Gasteiger partial charge in [-0.15, -0.1) is 0 Å². The summed E-state index contributed by atoms with van der Waals surface area (Å²) in [7, 11) is -1.79. The SMILES string of the molecule is COc1cc(F)ccc1C1=NCN(c2cccc(CS(C)(=O)=O)c2)C=C1F. The topological polar surface area (TPSA) is 59.0 Å². The van der Waals surface area contributed by atoms with E-state index in [9.17, 15) is 17.2 Å². The molecule has 2 aromatic carbocycles. The first-order valence-electron chi connectivity index (χ1n) is 8.06. The third-order valence-electron chi connectivity index (χ3n) is 3.97. The minimum Gasteiger partial charge on any atom is -0.496 e. The zero-order chi connectivity index (χ0) is 19.6. The fourth-order valence-electron chi connectivity index (χ4n) is 2.82. The molecule has 0 spiro atoms. The van der Waals surface area contributed by atoms with Gasteiger partial charge in [0.15, 0.2) is 15.7 Å². The zero-order valence-electron chi connectivity index (χ0n) is 14.8. The molecule has 3 rings (SSSR count). The van der Waals surface area contributed by atoms with Crippen molar-refractivity contribution >= 4 is 21.2 Å². The van der Waals surface area contributed by atoms with Crippen LogP contribution in [-0.2, 0) is 15.6 Å². The molecular weight excluding hydrogens is 374 g/mol. The number of aliphatic imine (C=N–C) groups is 1. The van der Waals surface area contributed by atoms with Crippen LogP contribution in [0.1, 0.15) is 11.1 Å². The molecular formula is C19H18F2N2O3S.